The molecule has 10 heteroatoms. The van der Waals surface area contributed by atoms with Crippen LogP contribution in [0, 0.1) is 0 Å². The molecular weight excluding hydrogens is 451 g/mol. The first-order valence-corrected chi connectivity index (χ1v) is 11.5. The fourth-order valence-corrected chi connectivity index (χ4v) is 4.13. The largest absolute Gasteiger partial charge is 0.491 e. The van der Waals surface area contributed by atoms with E-state index in [4.69, 9.17) is 27.9 Å². The minimum absolute atomic E-state index is 0.113. The molecule has 2 aliphatic rings. The van der Waals surface area contributed by atoms with Gasteiger partial charge < -0.3 is 25.2 Å². The first kappa shape index (κ1) is 24.4. The molecular formula is C22H30Cl2N6O2. The standard InChI is InChI=1S/C18H21Cl2N5O2.C4H9N/c1-12(14-4-3-13(19)9-15(14)20)22-17-16(27-2)10-21-18(23-17)25-7-5-24(11-26)6-8-25;1-2-4-5-3-1/h3-4,9-12H,5-8H2,1-2H3,(H,21,22,23);5H,1-4H2. The highest BCUT2D eigenvalue weighted by Crippen LogP contribution is 2.31. The number of ether oxygens (including phenoxy) is 1. The third-order valence-electron chi connectivity index (χ3n) is 5.45. The molecule has 1 aromatic carbocycles. The molecule has 0 bridgehead atoms. The fraction of sp³-hybridized carbons (Fsp3) is 0.500. The number of carbonyl (C=O) groups excluding carboxylic acids is 1. The number of halogens is 2. The summed E-state index contributed by atoms with van der Waals surface area (Å²) in [5.74, 6) is 1.72. The number of nitrogens with zero attached hydrogens (tertiary/aromatic N) is 4. The third kappa shape index (κ3) is 6.60. The molecule has 2 fully saturated rings. The van der Waals surface area contributed by atoms with Crippen molar-refractivity contribution in [2.45, 2.75) is 25.8 Å². The quantitative estimate of drug-likeness (QED) is 0.610. The summed E-state index contributed by atoms with van der Waals surface area (Å²) < 4.78 is 5.39. The van der Waals surface area contributed by atoms with Crippen molar-refractivity contribution in [3.8, 4) is 5.75 Å². The number of benzene rings is 1. The van der Waals surface area contributed by atoms with Crippen LogP contribution in [0.25, 0.3) is 0 Å². The number of hydrogen-bond acceptors (Lipinski definition) is 7. The molecule has 0 aliphatic carbocycles. The summed E-state index contributed by atoms with van der Waals surface area (Å²) in [4.78, 5) is 23.7. The second kappa shape index (κ2) is 12.1. The predicted octanol–water partition coefficient (Wildman–Crippen LogP) is 3.61. The Balaban J connectivity index is 0.000000509. The average Bonchev–Trinajstić information content (AvgIpc) is 3.39. The van der Waals surface area contributed by atoms with E-state index in [0.29, 0.717) is 53.7 Å². The van der Waals surface area contributed by atoms with E-state index in [1.165, 1.54) is 25.9 Å². The molecule has 32 heavy (non-hydrogen) atoms. The molecule has 1 unspecified atom stereocenters. The molecule has 2 aliphatic heterocycles. The molecule has 1 aromatic heterocycles. The fourth-order valence-electron chi connectivity index (χ4n) is 3.55. The van der Waals surface area contributed by atoms with E-state index in [1.807, 2.05) is 17.9 Å². The molecule has 2 N–H and O–H groups in total. The van der Waals surface area contributed by atoms with Gasteiger partial charge in [0.05, 0.1) is 19.3 Å². The first-order valence-electron chi connectivity index (χ1n) is 10.8. The minimum atomic E-state index is -0.113. The van der Waals surface area contributed by atoms with Gasteiger partial charge in [-0.3, -0.25) is 4.79 Å². The van der Waals surface area contributed by atoms with Crippen molar-refractivity contribution in [2.24, 2.45) is 0 Å². The number of carbonyl (C=O) groups is 1. The van der Waals surface area contributed by atoms with Crippen molar-refractivity contribution in [1.82, 2.24) is 20.2 Å². The van der Waals surface area contributed by atoms with Gasteiger partial charge in [0.2, 0.25) is 12.4 Å². The van der Waals surface area contributed by atoms with Crippen LogP contribution in [0.2, 0.25) is 10.0 Å². The highest BCUT2D eigenvalue weighted by Gasteiger charge is 2.20. The summed E-state index contributed by atoms with van der Waals surface area (Å²) in [5, 5.41) is 7.74. The third-order valence-corrected chi connectivity index (χ3v) is 6.01. The minimum Gasteiger partial charge on any atom is -0.491 e. The number of nitrogens with one attached hydrogen (secondary N) is 2. The maximum Gasteiger partial charge on any atom is 0.227 e. The number of amides is 1. The Morgan fingerprint density at radius 2 is 1.91 bits per heavy atom. The van der Waals surface area contributed by atoms with Crippen molar-refractivity contribution in [3.05, 3.63) is 40.0 Å². The van der Waals surface area contributed by atoms with Crippen molar-refractivity contribution in [3.63, 3.8) is 0 Å². The highest BCUT2D eigenvalue weighted by molar-refractivity contribution is 6.35. The Labute approximate surface area is 199 Å². The second-order valence-electron chi connectivity index (χ2n) is 7.70. The van der Waals surface area contributed by atoms with Gasteiger partial charge in [-0.1, -0.05) is 29.3 Å². The molecule has 8 nitrogen and oxygen atoms in total. The number of piperazine rings is 1. The number of anilines is 2. The molecule has 174 valence electrons. The lowest BCUT2D eigenvalue weighted by atomic mass is 10.1. The zero-order valence-corrected chi connectivity index (χ0v) is 20.0. The van der Waals surface area contributed by atoms with Crippen LogP contribution in [-0.4, -0.2) is 67.7 Å². The summed E-state index contributed by atoms with van der Waals surface area (Å²) >= 11 is 12.3. The normalized spacial score (nSPS) is 16.8. The first-order chi connectivity index (χ1) is 15.5. The molecule has 1 amide bonds. The Kier molecular flexibility index (Phi) is 9.20. The maximum absolute atomic E-state index is 10.9. The molecule has 2 saturated heterocycles. The van der Waals surface area contributed by atoms with Gasteiger partial charge in [-0.15, -0.1) is 0 Å². The van der Waals surface area contributed by atoms with Crippen LogP contribution in [-0.2, 0) is 4.79 Å². The second-order valence-corrected chi connectivity index (χ2v) is 8.55. The van der Waals surface area contributed by atoms with Crippen LogP contribution in [0.3, 0.4) is 0 Å². The lowest BCUT2D eigenvalue weighted by molar-refractivity contribution is -0.118. The van der Waals surface area contributed by atoms with E-state index in [0.717, 1.165) is 12.0 Å². The van der Waals surface area contributed by atoms with Crippen LogP contribution in [0.4, 0.5) is 11.8 Å². The average molecular weight is 481 g/mol. The van der Waals surface area contributed by atoms with Crippen LogP contribution in [0.5, 0.6) is 5.75 Å². The summed E-state index contributed by atoms with van der Waals surface area (Å²) in [5.41, 5.74) is 0.905. The van der Waals surface area contributed by atoms with E-state index in [1.54, 1.807) is 30.3 Å². The number of aromatic nitrogens is 2. The Bertz CT molecular complexity index is 881. The van der Waals surface area contributed by atoms with E-state index < -0.39 is 0 Å². The van der Waals surface area contributed by atoms with E-state index in [9.17, 15) is 4.79 Å². The van der Waals surface area contributed by atoms with Gasteiger partial charge >= 0.3 is 0 Å². The van der Waals surface area contributed by atoms with Gasteiger partial charge in [0.15, 0.2) is 11.6 Å². The molecule has 0 radical (unpaired) electrons. The molecule has 4 rings (SSSR count). The van der Waals surface area contributed by atoms with Crippen molar-refractivity contribution in [2.75, 3.05) is 56.6 Å². The topological polar surface area (TPSA) is 82.6 Å². The summed E-state index contributed by atoms with van der Waals surface area (Å²) in [6.07, 6.45) is 5.30. The summed E-state index contributed by atoms with van der Waals surface area (Å²) in [7, 11) is 1.58. The Morgan fingerprint density at radius 1 is 1.19 bits per heavy atom. The SMILES string of the molecule is C1CCNC1.COc1cnc(N2CCN(C=O)CC2)nc1NC(C)c1ccc(Cl)cc1Cl. The highest BCUT2D eigenvalue weighted by atomic mass is 35.5. The summed E-state index contributed by atoms with van der Waals surface area (Å²) in [6, 6.07) is 5.29. The van der Waals surface area contributed by atoms with E-state index in [2.05, 4.69) is 20.6 Å². The van der Waals surface area contributed by atoms with Gasteiger partial charge in [-0.25, -0.2) is 4.98 Å². The zero-order chi connectivity index (χ0) is 22.9. The Morgan fingerprint density at radius 3 is 2.47 bits per heavy atom. The predicted molar refractivity (Wildman–Crippen MR) is 129 cm³/mol. The van der Waals surface area contributed by atoms with Gasteiger partial charge in [-0.05, 0) is 50.6 Å². The maximum atomic E-state index is 10.9. The van der Waals surface area contributed by atoms with E-state index in [-0.39, 0.29) is 6.04 Å². The monoisotopic (exact) mass is 480 g/mol. The molecule has 3 heterocycles. The zero-order valence-electron chi connectivity index (χ0n) is 18.5. The van der Waals surface area contributed by atoms with Crippen LogP contribution < -0.4 is 20.3 Å². The van der Waals surface area contributed by atoms with Crippen molar-refractivity contribution in [1.29, 1.82) is 0 Å². The van der Waals surface area contributed by atoms with Crippen LogP contribution in [0.15, 0.2) is 24.4 Å². The smallest absolute Gasteiger partial charge is 0.227 e. The molecule has 0 spiro atoms. The number of methoxy groups -OCH3 is 1. The van der Waals surface area contributed by atoms with Crippen molar-refractivity contribution >= 4 is 41.4 Å². The lowest BCUT2D eigenvalue weighted by Gasteiger charge is -2.32. The van der Waals surface area contributed by atoms with Gasteiger partial charge in [0.25, 0.3) is 0 Å². The van der Waals surface area contributed by atoms with Gasteiger partial charge in [-0.2, -0.15) is 4.98 Å². The number of hydrogen-bond donors (Lipinski definition) is 2. The van der Waals surface area contributed by atoms with Crippen molar-refractivity contribution < 1.29 is 9.53 Å². The molecule has 0 saturated carbocycles. The Hall–Kier alpha value is -2.29. The molecule has 2 aromatic rings. The van der Waals surface area contributed by atoms with Gasteiger partial charge in [0, 0.05) is 36.2 Å². The van der Waals surface area contributed by atoms with Crippen LogP contribution in [0.1, 0.15) is 31.4 Å². The van der Waals surface area contributed by atoms with Crippen LogP contribution >= 0.6 is 23.2 Å². The molecule has 1 atom stereocenters. The lowest BCUT2D eigenvalue weighted by Crippen LogP contribution is -2.46. The number of rotatable bonds is 6. The summed E-state index contributed by atoms with van der Waals surface area (Å²) in [6.45, 7) is 7.15. The van der Waals surface area contributed by atoms with E-state index >= 15 is 0 Å². The van der Waals surface area contributed by atoms with Gasteiger partial charge in [0.1, 0.15) is 0 Å².